The summed E-state index contributed by atoms with van der Waals surface area (Å²) in [6.07, 6.45) is 0. The Morgan fingerprint density at radius 3 is 1.82 bits per heavy atom. The van der Waals surface area contributed by atoms with Crippen LogP contribution in [-0.2, 0) is 10.2 Å². The minimum absolute atomic E-state index is 0.0103. The minimum atomic E-state index is -0.613. The van der Waals surface area contributed by atoms with Gasteiger partial charge >= 0.3 is 0 Å². The fourth-order valence-corrected chi connectivity index (χ4v) is 2.48. The zero-order chi connectivity index (χ0) is 16.3. The van der Waals surface area contributed by atoms with Crippen LogP contribution in [0.25, 0.3) is 0 Å². The van der Waals surface area contributed by atoms with Crippen molar-refractivity contribution in [2.75, 3.05) is 14.1 Å². The number of nitrogens with zero attached hydrogens (tertiary/aromatic N) is 1. The number of carbonyl (C=O) groups excluding carboxylic acids is 2. The monoisotopic (exact) mass is 295 g/mol. The summed E-state index contributed by atoms with van der Waals surface area (Å²) in [4.78, 5) is 26.2. The van der Waals surface area contributed by atoms with Crippen molar-refractivity contribution in [3.05, 3.63) is 71.3 Å². The summed E-state index contributed by atoms with van der Waals surface area (Å²) in [6, 6.07) is 16.5. The van der Waals surface area contributed by atoms with Crippen LogP contribution in [0.5, 0.6) is 0 Å². The molecule has 0 radical (unpaired) electrons. The van der Waals surface area contributed by atoms with Crippen LogP contribution in [0.15, 0.2) is 54.6 Å². The van der Waals surface area contributed by atoms with Crippen molar-refractivity contribution in [1.29, 1.82) is 0 Å². The van der Waals surface area contributed by atoms with E-state index in [1.54, 1.807) is 43.3 Å². The largest absolute Gasteiger partial charge is 0.348 e. The van der Waals surface area contributed by atoms with E-state index in [4.69, 9.17) is 0 Å². The molecule has 0 spiro atoms. The zero-order valence-corrected chi connectivity index (χ0v) is 13.5. The fraction of sp³-hybridized carbons (Fsp3) is 0.263. The van der Waals surface area contributed by atoms with Gasteiger partial charge in [0.25, 0.3) is 0 Å². The second-order valence-corrected chi connectivity index (χ2v) is 6.10. The highest BCUT2D eigenvalue weighted by atomic mass is 16.2. The van der Waals surface area contributed by atoms with Gasteiger partial charge in [0, 0.05) is 25.2 Å². The molecule has 0 heterocycles. The summed E-state index contributed by atoms with van der Waals surface area (Å²) < 4.78 is 0. The SMILES string of the molecule is CN(C)C(=O)C(C)(C)c1ccc(C(=O)c2ccccc2)cc1. The topological polar surface area (TPSA) is 37.4 Å². The maximum atomic E-state index is 12.4. The van der Waals surface area contributed by atoms with Gasteiger partial charge in [0.15, 0.2) is 5.78 Å². The Morgan fingerprint density at radius 2 is 1.32 bits per heavy atom. The van der Waals surface area contributed by atoms with Crippen molar-refractivity contribution in [2.24, 2.45) is 0 Å². The van der Waals surface area contributed by atoms with Gasteiger partial charge < -0.3 is 4.90 Å². The molecule has 0 atom stereocenters. The second kappa shape index (κ2) is 6.14. The Hall–Kier alpha value is -2.42. The van der Waals surface area contributed by atoms with Gasteiger partial charge in [-0.2, -0.15) is 0 Å². The van der Waals surface area contributed by atoms with Crippen LogP contribution in [0, 0.1) is 0 Å². The lowest BCUT2D eigenvalue weighted by Gasteiger charge is -2.27. The number of hydrogen-bond donors (Lipinski definition) is 0. The quantitative estimate of drug-likeness (QED) is 0.812. The van der Waals surface area contributed by atoms with Crippen molar-refractivity contribution in [1.82, 2.24) is 4.90 Å². The van der Waals surface area contributed by atoms with E-state index in [2.05, 4.69) is 0 Å². The molecule has 0 aromatic heterocycles. The number of likely N-dealkylation sites (N-methyl/N-ethyl adjacent to an activating group) is 1. The fourth-order valence-electron chi connectivity index (χ4n) is 2.48. The number of ketones is 1. The lowest BCUT2D eigenvalue weighted by molar-refractivity contribution is -0.133. The van der Waals surface area contributed by atoms with Gasteiger partial charge in [-0.3, -0.25) is 9.59 Å². The number of amides is 1. The van der Waals surface area contributed by atoms with Crippen LogP contribution in [0.3, 0.4) is 0 Å². The van der Waals surface area contributed by atoms with Crippen molar-refractivity contribution >= 4 is 11.7 Å². The van der Waals surface area contributed by atoms with Crippen LogP contribution in [0.4, 0.5) is 0 Å². The predicted molar refractivity (Wildman–Crippen MR) is 88.0 cm³/mol. The standard InChI is InChI=1S/C19H21NO2/c1-19(2,18(22)20(3)4)16-12-10-15(11-13-16)17(21)14-8-6-5-7-9-14/h5-13H,1-4H3. The minimum Gasteiger partial charge on any atom is -0.348 e. The summed E-state index contributed by atoms with van der Waals surface area (Å²) >= 11 is 0. The zero-order valence-electron chi connectivity index (χ0n) is 13.5. The predicted octanol–water partition coefficient (Wildman–Crippen LogP) is 3.28. The lowest BCUT2D eigenvalue weighted by atomic mass is 9.82. The molecule has 0 aliphatic carbocycles. The first-order chi connectivity index (χ1) is 10.3. The average Bonchev–Trinajstić information content (AvgIpc) is 2.54. The molecule has 0 saturated carbocycles. The molecule has 2 rings (SSSR count). The summed E-state index contributed by atoms with van der Waals surface area (Å²) in [6.45, 7) is 3.78. The van der Waals surface area contributed by atoms with Crippen LogP contribution >= 0.6 is 0 Å². The Balaban J connectivity index is 2.28. The van der Waals surface area contributed by atoms with E-state index in [1.807, 2.05) is 44.2 Å². The van der Waals surface area contributed by atoms with Crippen molar-refractivity contribution in [3.8, 4) is 0 Å². The number of rotatable bonds is 4. The second-order valence-electron chi connectivity index (χ2n) is 6.10. The van der Waals surface area contributed by atoms with E-state index in [-0.39, 0.29) is 11.7 Å². The number of benzene rings is 2. The summed E-state index contributed by atoms with van der Waals surface area (Å²) in [7, 11) is 3.49. The van der Waals surface area contributed by atoms with Crippen molar-refractivity contribution < 1.29 is 9.59 Å². The van der Waals surface area contributed by atoms with Gasteiger partial charge in [0.1, 0.15) is 0 Å². The molecule has 114 valence electrons. The molecular formula is C19H21NO2. The van der Waals surface area contributed by atoms with Crippen LogP contribution in [-0.4, -0.2) is 30.7 Å². The Bertz CT molecular complexity index is 670. The van der Waals surface area contributed by atoms with E-state index < -0.39 is 5.41 Å². The Labute approximate surface area is 131 Å². The van der Waals surface area contributed by atoms with Gasteiger partial charge in [-0.05, 0) is 19.4 Å². The summed E-state index contributed by atoms with van der Waals surface area (Å²) in [5.74, 6) is 0.0264. The molecule has 0 unspecified atom stereocenters. The number of carbonyl (C=O) groups is 2. The van der Waals surface area contributed by atoms with Crippen molar-refractivity contribution in [2.45, 2.75) is 19.3 Å². The molecule has 2 aromatic carbocycles. The van der Waals surface area contributed by atoms with Gasteiger partial charge in [0.2, 0.25) is 5.91 Å². The molecule has 0 aliphatic rings. The van der Waals surface area contributed by atoms with E-state index in [9.17, 15) is 9.59 Å². The van der Waals surface area contributed by atoms with Crippen LogP contribution in [0.1, 0.15) is 35.3 Å². The van der Waals surface area contributed by atoms with Crippen molar-refractivity contribution in [3.63, 3.8) is 0 Å². The maximum Gasteiger partial charge on any atom is 0.232 e. The molecule has 3 heteroatoms. The van der Waals surface area contributed by atoms with Gasteiger partial charge in [-0.1, -0.05) is 54.6 Å². The molecular weight excluding hydrogens is 274 g/mol. The third-order valence-electron chi connectivity index (χ3n) is 3.85. The van der Waals surface area contributed by atoms with E-state index >= 15 is 0 Å². The van der Waals surface area contributed by atoms with E-state index in [1.165, 1.54) is 0 Å². The molecule has 0 saturated heterocycles. The number of hydrogen-bond acceptors (Lipinski definition) is 2. The molecule has 0 N–H and O–H groups in total. The highest BCUT2D eigenvalue weighted by Crippen LogP contribution is 2.25. The van der Waals surface area contributed by atoms with Crippen LogP contribution in [0.2, 0.25) is 0 Å². The van der Waals surface area contributed by atoms with E-state index in [0.717, 1.165) is 5.56 Å². The molecule has 3 nitrogen and oxygen atoms in total. The first-order valence-electron chi connectivity index (χ1n) is 7.26. The molecule has 0 aliphatic heterocycles. The first kappa shape index (κ1) is 16.0. The normalized spacial score (nSPS) is 11.1. The molecule has 22 heavy (non-hydrogen) atoms. The summed E-state index contributed by atoms with van der Waals surface area (Å²) in [5, 5.41) is 0. The van der Waals surface area contributed by atoms with Gasteiger partial charge in [-0.25, -0.2) is 0 Å². The van der Waals surface area contributed by atoms with Gasteiger partial charge in [-0.15, -0.1) is 0 Å². The molecule has 0 fully saturated rings. The Kier molecular flexibility index (Phi) is 4.45. The maximum absolute atomic E-state index is 12.4. The molecule has 0 bridgehead atoms. The van der Waals surface area contributed by atoms with Crippen LogP contribution < -0.4 is 0 Å². The average molecular weight is 295 g/mol. The molecule has 2 aromatic rings. The van der Waals surface area contributed by atoms with E-state index in [0.29, 0.717) is 11.1 Å². The highest BCUT2D eigenvalue weighted by Gasteiger charge is 2.31. The third-order valence-corrected chi connectivity index (χ3v) is 3.85. The highest BCUT2D eigenvalue weighted by molar-refractivity contribution is 6.09. The third kappa shape index (κ3) is 3.08. The Morgan fingerprint density at radius 1 is 0.818 bits per heavy atom. The lowest BCUT2D eigenvalue weighted by Crippen LogP contribution is -2.39. The first-order valence-corrected chi connectivity index (χ1v) is 7.26. The smallest absolute Gasteiger partial charge is 0.232 e. The summed E-state index contributed by atoms with van der Waals surface area (Å²) in [5.41, 5.74) is 1.58. The van der Waals surface area contributed by atoms with Gasteiger partial charge in [0.05, 0.1) is 5.41 Å². The molecule has 1 amide bonds.